The number of amides is 1. The van der Waals surface area contributed by atoms with Gasteiger partial charge in [-0.05, 0) is 61.0 Å². The number of rotatable bonds is 5. The second kappa shape index (κ2) is 8.31. The molecular weight excluding hydrogens is 366 g/mol. The monoisotopic (exact) mass is 384 g/mol. The molecule has 1 heterocycles. The van der Waals surface area contributed by atoms with Crippen molar-refractivity contribution in [2.24, 2.45) is 0 Å². The highest BCUT2D eigenvalue weighted by Gasteiger charge is 2.20. The van der Waals surface area contributed by atoms with Crippen LogP contribution in [0.25, 0.3) is 0 Å². The van der Waals surface area contributed by atoms with Gasteiger partial charge in [0.15, 0.2) is 11.6 Å². The molecule has 0 aliphatic carbocycles. The second-order valence-electron chi connectivity index (χ2n) is 6.06. The van der Waals surface area contributed by atoms with E-state index in [-0.39, 0.29) is 5.91 Å². The van der Waals surface area contributed by atoms with Crippen LogP contribution in [0, 0.1) is 11.6 Å². The van der Waals surface area contributed by atoms with Crippen LogP contribution in [0.5, 0.6) is 0 Å². The summed E-state index contributed by atoms with van der Waals surface area (Å²) in [6, 6.07) is 16.2. The molecule has 0 saturated carbocycles. The third-order valence-electron chi connectivity index (χ3n) is 4.29. The fraction of sp³-hybridized carbons (Fsp3) is 0.143. The highest BCUT2D eigenvalue weighted by Crippen LogP contribution is 2.27. The Bertz CT molecular complexity index is 933. The van der Waals surface area contributed by atoms with E-state index in [1.807, 2.05) is 30.3 Å². The summed E-state index contributed by atoms with van der Waals surface area (Å²) in [6.45, 7) is 1.77. The minimum absolute atomic E-state index is 0.193. The Morgan fingerprint density at radius 1 is 1.04 bits per heavy atom. The van der Waals surface area contributed by atoms with Crippen molar-refractivity contribution in [3.8, 4) is 0 Å². The third kappa shape index (κ3) is 4.52. The number of pyridine rings is 1. The molecule has 0 bridgehead atoms. The summed E-state index contributed by atoms with van der Waals surface area (Å²) >= 11 is 1.51. The topological polar surface area (TPSA) is 33.2 Å². The van der Waals surface area contributed by atoms with E-state index in [1.54, 1.807) is 32.3 Å². The average Bonchev–Trinajstić information content (AvgIpc) is 2.70. The molecule has 27 heavy (non-hydrogen) atoms. The molecule has 2 aromatic carbocycles. The Labute approximate surface area is 161 Å². The lowest BCUT2D eigenvalue weighted by Crippen LogP contribution is -2.29. The summed E-state index contributed by atoms with van der Waals surface area (Å²) in [5.41, 5.74) is 1.06. The van der Waals surface area contributed by atoms with Crippen molar-refractivity contribution in [1.82, 2.24) is 9.88 Å². The maximum absolute atomic E-state index is 13.5. The number of carbonyl (C=O) groups excluding carboxylic acids is 1. The van der Waals surface area contributed by atoms with E-state index >= 15 is 0 Å². The normalized spacial score (nSPS) is 11.9. The van der Waals surface area contributed by atoms with Crippen LogP contribution in [0.1, 0.15) is 28.9 Å². The first-order valence-electron chi connectivity index (χ1n) is 8.37. The maximum Gasteiger partial charge on any atom is 0.254 e. The maximum atomic E-state index is 13.5. The minimum atomic E-state index is -0.920. The smallest absolute Gasteiger partial charge is 0.254 e. The molecule has 0 aliphatic heterocycles. The standard InChI is InChI=1S/C21H18F2N2OS/c1-14(16-8-11-18(22)19(23)13-16)25(2)21(26)15-6-9-17(10-7-15)27-20-5-3-4-12-24-20/h3-14H,1-2H3. The molecule has 1 aromatic heterocycles. The van der Waals surface area contributed by atoms with Gasteiger partial charge in [0.05, 0.1) is 6.04 Å². The van der Waals surface area contributed by atoms with Gasteiger partial charge in [-0.25, -0.2) is 13.8 Å². The number of hydrogen-bond acceptors (Lipinski definition) is 3. The summed E-state index contributed by atoms with van der Waals surface area (Å²) < 4.78 is 26.6. The van der Waals surface area contributed by atoms with E-state index < -0.39 is 17.7 Å². The number of carbonyl (C=O) groups is 1. The zero-order valence-corrected chi connectivity index (χ0v) is 15.7. The van der Waals surface area contributed by atoms with Gasteiger partial charge in [-0.15, -0.1) is 0 Å². The van der Waals surface area contributed by atoms with Crippen LogP contribution in [0.2, 0.25) is 0 Å². The van der Waals surface area contributed by atoms with Gasteiger partial charge in [0.25, 0.3) is 5.91 Å². The largest absolute Gasteiger partial charge is 0.335 e. The van der Waals surface area contributed by atoms with Gasteiger partial charge in [-0.3, -0.25) is 4.79 Å². The fourth-order valence-corrected chi connectivity index (χ4v) is 3.34. The fourth-order valence-electron chi connectivity index (χ4n) is 2.57. The number of halogens is 2. The molecule has 0 spiro atoms. The Kier molecular flexibility index (Phi) is 5.86. The molecule has 1 amide bonds. The van der Waals surface area contributed by atoms with E-state index in [4.69, 9.17) is 0 Å². The van der Waals surface area contributed by atoms with Crippen molar-refractivity contribution >= 4 is 17.7 Å². The zero-order chi connectivity index (χ0) is 19.4. The first-order chi connectivity index (χ1) is 13.0. The van der Waals surface area contributed by atoms with E-state index in [0.29, 0.717) is 11.1 Å². The summed E-state index contributed by atoms with van der Waals surface area (Å²) in [4.78, 5) is 19.5. The van der Waals surface area contributed by atoms with Crippen molar-refractivity contribution in [2.45, 2.75) is 22.9 Å². The molecule has 3 rings (SSSR count). The Hall–Kier alpha value is -2.73. The summed E-state index contributed by atoms with van der Waals surface area (Å²) in [5.74, 6) is -2.02. The van der Waals surface area contributed by atoms with Gasteiger partial charge in [0.2, 0.25) is 0 Å². The van der Waals surface area contributed by atoms with Crippen LogP contribution in [-0.2, 0) is 0 Å². The molecule has 0 aliphatic rings. The van der Waals surface area contributed by atoms with Crippen LogP contribution in [0.3, 0.4) is 0 Å². The first kappa shape index (κ1) is 19.0. The summed E-state index contributed by atoms with van der Waals surface area (Å²) in [5, 5.41) is 0.876. The molecule has 6 heteroatoms. The molecule has 0 radical (unpaired) electrons. The minimum Gasteiger partial charge on any atom is -0.335 e. The first-order valence-corrected chi connectivity index (χ1v) is 9.18. The van der Waals surface area contributed by atoms with E-state index in [1.165, 1.54) is 22.7 Å². The van der Waals surface area contributed by atoms with Crippen molar-refractivity contribution < 1.29 is 13.6 Å². The van der Waals surface area contributed by atoms with Gasteiger partial charge in [0.1, 0.15) is 5.03 Å². The van der Waals surface area contributed by atoms with Gasteiger partial charge in [-0.2, -0.15) is 0 Å². The summed E-state index contributed by atoms with van der Waals surface area (Å²) in [6.07, 6.45) is 1.73. The average molecular weight is 384 g/mol. The Morgan fingerprint density at radius 3 is 2.41 bits per heavy atom. The molecule has 1 unspecified atom stereocenters. The lowest BCUT2D eigenvalue weighted by Gasteiger charge is -2.25. The molecule has 138 valence electrons. The predicted octanol–water partition coefficient (Wildman–Crippen LogP) is 5.34. The molecule has 1 atom stereocenters. The second-order valence-corrected chi connectivity index (χ2v) is 7.15. The number of nitrogens with zero attached hydrogens (tertiary/aromatic N) is 2. The number of hydrogen-bond donors (Lipinski definition) is 0. The van der Waals surface area contributed by atoms with Gasteiger partial charge in [-0.1, -0.05) is 23.9 Å². The molecule has 0 fully saturated rings. The quantitative estimate of drug-likeness (QED) is 0.595. The molecule has 3 aromatic rings. The van der Waals surface area contributed by atoms with Crippen LogP contribution >= 0.6 is 11.8 Å². The van der Waals surface area contributed by atoms with Crippen molar-refractivity contribution in [2.75, 3.05) is 7.05 Å². The number of benzene rings is 2. The molecule has 3 nitrogen and oxygen atoms in total. The van der Waals surface area contributed by atoms with Gasteiger partial charge < -0.3 is 4.90 Å². The van der Waals surface area contributed by atoms with Crippen LogP contribution in [0.15, 0.2) is 76.8 Å². The molecule has 0 saturated heterocycles. The highest BCUT2D eigenvalue weighted by atomic mass is 32.2. The zero-order valence-electron chi connectivity index (χ0n) is 14.9. The highest BCUT2D eigenvalue weighted by molar-refractivity contribution is 7.99. The van der Waals surface area contributed by atoms with Gasteiger partial charge >= 0.3 is 0 Å². The predicted molar refractivity (Wildman–Crippen MR) is 102 cm³/mol. The molecule has 0 N–H and O–H groups in total. The Balaban J connectivity index is 1.71. The number of aromatic nitrogens is 1. The molecular formula is C21H18F2N2OS. The third-order valence-corrected chi connectivity index (χ3v) is 5.25. The van der Waals surface area contributed by atoms with E-state index in [0.717, 1.165) is 22.1 Å². The van der Waals surface area contributed by atoms with E-state index in [2.05, 4.69) is 4.98 Å². The lowest BCUT2D eigenvalue weighted by molar-refractivity contribution is 0.0742. The van der Waals surface area contributed by atoms with Crippen LogP contribution in [-0.4, -0.2) is 22.8 Å². The van der Waals surface area contributed by atoms with Crippen LogP contribution in [0.4, 0.5) is 8.78 Å². The van der Waals surface area contributed by atoms with Crippen molar-refractivity contribution in [3.05, 3.63) is 89.6 Å². The van der Waals surface area contributed by atoms with Crippen molar-refractivity contribution in [1.29, 1.82) is 0 Å². The van der Waals surface area contributed by atoms with E-state index in [9.17, 15) is 13.6 Å². The Morgan fingerprint density at radius 2 is 1.78 bits per heavy atom. The van der Waals surface area contributed by atoms with Crippen LogP contribution < -0.4 is 0 Å². The van der Waals surface area contributed by atoms with Crippen molar-refractivity contribution in [3.63, 3.8) is 0 Å². The SMILES string of the molecule is CC(c1ccc(F)c(F)c1)N(C)C(=O)c1ccc(Sc2ccccn2)cc1. The summed E-state index contributed by atoms with van der Waals surface area (Å²) in [7, 11) is 1.64. The van der Waals surface area contributed by atoms with Gasteiger partial charge in [0, 0.05) is 23.7 Å². The lowest BCUT2D eigenvalue weighted by atomic mass is 10.1.